The van der Waals surface area contributed by atoms with Gasteiger partial charge in [0.25, 0.3) is 11.5 Å². The van der Waals surface area contributed by atoms with Crippen LogP contribution in [0.4, 0.5) is 0 Å². The number of aromatic nitrogens is 3. The molecule has 1 amide bonds. The van der Waals surface area contributed by atoms with Gasteiger partial charge < -0.3 is 14.2 Å². The molecule has 4 rings (SSSR count). The zero-order chi connectivity index (χ0) is 22.0. The van der Waals surface area contributed by atoms with E-state index in [1.54, 1.807) is 23.3 Å². The van der Waals surface area contributed by atoms with Gasteiger partial charge in [0.1, 0.15) is 16.3 Å². The van der Waals surface area contributed by atoms with Crippen LogP contribution in [0.5, 0.6) is 5.75 Å². The number of nitrogens with zero attached hydrogens (tertiary/aromatic N) is 4. The molecule has 1 saturated heterocycles. The van der Waals surface area contributed by atoms with Crippen LogP contribution in [0.25, 0.3) is 10.6 Å². The predicted octanol–water partition coefficient (Wildman–Crippen LogP) is 1.16. The molecular weight excluding hydrogens is 418 g/mol. The molecule has 0 unspecified atom stereocenters. The summed E-state index contributed by atoms with van der Waals surface area (Å²) < 4.78 is 6.40. The Balaban J connectivity index is 1.36. The Hall–Kier alpha value is -3.24. The van der Waals surface area contributed by atoms with E-state index in [0.29, 0.717) is 32.7 Å². The third-order valence-corrected chi connectivity index (χ3v) is 6.21. The fourth-order valence-corrected chi connectivity index (χ4v) is 4.29. The van der Waals surface area contributed by atoms with Crippen molar-refractivity contribution >= 4 is 17.2 Å². The third-order valence-electron chi connectivity index (χ3n) is 5.27. The first-order valence-electron chi connectivity index (χ1n) is 9.85. The van der Waals surface area contributed by atoms with Crippen molar-refractivity contribution in [3.05, 3.63) is 67.9 Å². The lowest BCUT2D eigenvalue weighted by Gasteiger charge is -2.34. The molecule has 1 fully saturated rings. The molecule has 1 aliphatic rings. The van der Waals surface area contributed by atoms with E-state index in [2.05, 4.69) is 15.3 Å². The number of H-pyrrole nitrogens is 1. The molecule has 9 nitrogen and oxygen atoms in total. The molecule has 162 valence electrons. The number of amides is 1. The Morgan fingerprint density at radius 2 is 1.87 bits per heavy atom. The molecule has 10 heteroatoms. The Morgan fingerprint density at radius 1 is 1.16 bits per heavy atom. The molecule has 1 N–H and O–H groups in total. The summed E-state index contributed by atoms with van der Waals surface area (Å²) in [6.07, 6.45) is 1.30. The normalized spacial score (nSPS) is 14.6. The summed E-state index contributed by atoms with van der Waals surface area (Å²) in [5.74, 6) is 0.458. The van der Waals surface area contributed by atoms with Crippen molar-refractivity contribution in [1.82, 2.24) is 24.3 Å². The topological polar surface area (TPSA) is 101 Å². The second-order valence-corrected chi connectivity index (χ2v) is 8.21. The Morgan fingerprint density at radius 3 is 2.55 bits per heavy atom. The number of thiazole rings is 1. The van der Waals surface area contributed by atoms with Gasteiger partial charge in [0.2, 0.25) is 0 Å². The summed E-state index contributed by atoms with van der Waals surface area (Å²) >= 11 is 1.60. The first-order valence-corrected chi connectivity index (χ1v) is 10.7. The predicted molar refractivity (Wildman–Crippen MR) is 118 cm³/mol. The summed E-state index contributed by atoms with van der Waals surface area (Å²) in [6.45, 7) is 3.10. The van der Waals surface area contributed by atoms with Crippen molar-refractivity contribution in [3.8, 4) is 16.3 Å². The van der Waals surface area contributed by atoms with E-state index in [0.717, 1.165) is 22.0 Å². The summed E-state index contributed by atoms with van der Waals surface area (Å²) in [5, 5.41) is 3.02. The highest BCUT2D eigenvalue weighted by atomic mass is 32.1. The molecular formula is C21H23N5O4S. The number of hydrogen-bond acceptors (Lipinski definition) is 7. The largest absolute Gasteiger partial charge is 0.497 e. The molecule has 0 saturated carbocycles. The summed E-state index contributed by atoms with van der Waals surface area (Å²) in [7, 11) is 3.14. The number of aromatic amines is 1. The summed E-state index contributed by atoms with van der Waals surface area (Å²) in [4.78, 5) is 47.0. The van der Waals surface area contributed by atoms with Gasteiger partial charge in [-0.25, -0.2) is 9.78 Å². The van der Waals surface area contributed by atoms with Crippen molar-refractivity contribution < 1.29 is 9.53 Å². The highest BCUT2D eigenvalue weighted by Crippen LogP contribution is 2.26. The molecule has 3 aromatic rings. The van der Waals surface area contributed by atoms with E-state index in [4.69, 9.17) is 9.72 Å². The number of rotatable bonds is 5. The third kappa shape index (κ3) is 4.59. The second-order valence-electron chi connectivity index (χ2n) is 7.35. The maximum Gasteiger partial charge on any atom is 0.328 e. The lowest BCUT2D eigenvalue weighted by molar-refractivity contribution is 0.0624. The molecule has 1 aliphatic heterocycles. The van der Waals surface area contributed by atoms with Crippen molar-refractivity contribution in [3.63, 3.8) is 0 Å². The smallest absolute Gasteiger partial charge is 0.328 e. The van der Waals surface area contributed by atoms with Gasteiger partial charge in [0, 0.05) is 56.9 Å². The van der Waals surface area contributed by atoms with Crippen LogP contribution < -0.4 is 16.0 Å². The number of carbonyl (C=O) groups excluding carboxylic acids is 1. The van der Waals surface area contributed by atoms with Crippen molar-refractivity contribution in [1.29, 1.82) is 0 Å². The maximum absolute atomic E-state index is 12.7. The molecule has 0 atom stereocenters. The zero-order valence-electron chi connectivity index (χ0n) is 17.3. The minimum absolute atomic E-state index is 0.0146. The Bertz CT molecular complexity index is 1190. The first kappa shape index (κ1) is 21.0. The van der Waals surface area contributed by atoms with E-state index < -0.39 is 11.2 Å². The van der Waals surface area contributed by atoms with Crippen molar-refractivity contribution in [2.45, 2.75) is 6.54 Å². The number of nitrogens with one attached hydrogen (secondary N) is 1. The van der Waals surface area contributed by atoms with Gasteiger partial charge in [-0.1, -0.05) is 0 Å². The highest BCUT2D eigenvalue weighted by Gasteiger charge is 2.25. The Kier molecular flexibility index (Phi) is 6.01. The van der Waals surface area contributed by atoms with Crippen LogP contribution in [0.2, 0.25) is 0 Å². The van der Waals surface area contributed by atoms with Gasteiger partial charge in [0.05, 0.1) is 12.8 Å². The number of ether oxygens (including phenoxy) is 1. The number of methoxy groups -OCH3 is 1. The van der Waals surface area contributed by atoms with Gasteiger partial charge >= 0.3 is 5.69 Å². The van der Waals surface area contributed by atoms with E-state index >= 15 is 0 Å². The standard InChI is InChI=1S/C21H23N5O4S/c1-24-12-17(18(27)23-21(24)29)20(28)26-9-7-25(8-10-26)11-15-13-31-19(22-15)14-3-5-16(30-2)6-4-14/h3-6,12-13H,7-11H2,1-2H3,(H,23,27,29). The van der Waals surface area contributed by atoms with Gasteiger partial charge in [0.15, 0.2) is 0 Å². The molecule has 0 bridgehead atoms. The van der Waals surface area contributed by atoms with Crippen LogP contribution in [-0.2, 0) is 13.6 Å². The van der Waals surface area contributed by atoms with E-state index in [1.807, 2.05) is 24.3 Å². The fourth-order valence-electron chi connectivity index (χ4n) is 3.47. The van der Waals surface area contributed by atoms with Crippen molar-refractivity contribution in [2.24, 2.45) is 7.05 Å². The minimum atomic E-state index is -0.649. The van der Waals surface area contributed by atoms with E-state index in [-0.39, 0.29) is 11.5 Å². The molecule has 0 aliphatic carbocycles. The van der Waals surface area contributed by atoms with E-state index in [1.165, 1.54) is 17.8 Å². The van der Waals surface area contributed by atoms with Crippen LogP contribution in [0.1, 0.15) is 16.1 Å². The number of carbonyl (C=O) groups is 1. The summed E-state index contributed by atoms with van der Waals surface area (Å²) in [6, 6.07) is 7.82. The first-order chi connectivity index (χ1) is 14.9. The SMILES string of the molecule is COc1ccc(-c2nc(CN3CCN(C(=O)c4cn(C)c(=O)[nH]c4=O)CC3)cs2)cc1. The number of piperazine rings is 1. The monoisotopic (exact) mass is 441 g/mol. The minimum Gasteiger partial charge on any atom is -0.497 e. The van der Waals surface area contributed by atoms with Gasteiger partial charge in [-0.05, 0) is 24.3 Å². The van der Waals surface area contributed by atoms with Crippen LogP contribution in [0, 0.1) is 0 Å². The van der Waals surface area contributed by atoms with E-state index in [9.17, 15) is 14.4 Å². The molecule has 1 aromatic carbocycles. The molecule has 2 aromatic heterocycles. The van der Waals surface area contributed by atoms with Crippen LogP contribution >= 0.6 is 11.3 Å². The van der Waals surface area contributed by atoms with Crippen LogP contribution in [0.15, 0.2) is 45.4 Å². The zero-order valence-corrected chi connectivity index (χ0v) is 18.1. The lowest BCUT2D eigenvalue weighted by atomic mass is 10.2. The molecule has 3 heterocycles. The average Bonchev–Trinajstić information content (AvgIpc) is 3.25. The Labute approximate surface area is 182 Å². The number of aryl methyl sites for hydroxylation is 1. The number of benzene rings is 1. The molecule has 0 spiro atoms. The van der Waals surface area contributed by atoms with Crippen LogP contribution in [-0.4, -0.2) is 63.5 Å². The van der Waals surface area contributed by atoms with Gasteiger partial charge in [-0.15, -0.1) is 11.3 Å². The lowest BCUT2D eigenvalue weighted by Crippen LogP contribution is -2.49. The fraction of sp³-hybridized carbons (Fsp3) is 0.333. The average molecular weight is 442 g/mol. The van der Waals surface area contributed by atoms with Crippen molar-refractivity contribution in [2.75, 3.05) is 33.3 Å². The summed E-state index contributed by atoms with van der Waals surface area (Å²) in [5.41, 5.74) is 0.840. The second kappa shape index (κ2) is 8.86. The van der Waals surface area contributed by atoms with Gasteiger partial charge in [-0.3, -0.25) is 19.5 Å². The van der Waals surface area contributed by atoms with Crippen LogP contribution in [0.3, 0.4) is 0 Å². The highest BCUT2D eigenvalue weighted by molar-refractivity contribution is 7.13. The maximum atomic E-state index is 12.7. The quantitative estimate of drug-likeness (QED) is 0.638. The number of hydrogen-bond donors (Lipinski definition) is 1. The molecule has 31 heavy (non-hydrogen) atoms. The van der Waals surface area contributed by atoms with Gasteiger partial charge in [-0.2, -0.15) is 0 Å². The molecule has 0 radical (unpaired) electrons.